The van der Waals surface area contributed by atoms with Crippen molar-refractivity contribution in [3.8, 4) is 11.4 Å². The highest BCUT2D eigenvalue weighted by atomic mass is 35.5. The molecular formula is C26H27ClN4O2. The second kappa shape index (κ2) is 10.5. The van der Waals surface area contributed by atoms with Gasteiger partial charge in [-0.3, -0.25) is 0 Å². The summed E-state index contributed by atoms with van der Waals surface area (Å²) >= 11 is 6.01. The number of allylic oxidation sites excluding steroid dienone is 4. The number of halogens is 1. The maximum atomic E-state index is 11.0. The minimum atomic E-state index is 0.324. The zero-order chi connectivity index (χ0) is 23.2. The average Bonchev–Trinajstić information content (AvgIpc) is 3.44. The zero-order valence-electron chi connectivity index (χ0n) is 18.6. The number of anilines is 1. The topological polar surface area (TPSA) is 71.1 Å². The van der Waals surface area contributed by atoms with E-state index in [1.807, 2.05) is 36.4 Å². The van der Waals surface area contributed by atoms with Crippen molar-refractivity contribution in [3.05, 3.63) is 77.7 Å². The van der Waals surface area contributed by atoms with E-state index in [4.69, 9.17) is 26.3 Å². The Morgan fingerprint density at radius 3 is 2.88 bits per heavy atom. The number of aldehydes is 1. The number of hydrogen-bond acceptors (Lipinski definition) is 5. The monoisotopic (exact) mass is 462 g/mol. The fraction of sp³-hybridized carbons (Fsp3) is 0.269. The van der Waals surface area contributed by atoms with E-state index in [0.29, 0.717) is 35.6 Å². The van der Waals surface area contributed by atoms with Gasteiger partial charge >= 0.3 is 0 Å². The molecule has 3 heterocycles. The standard InChI is InChI=1S/C26H27ClN4O2/c1-3-7-22(14-18(2)27)33-17-21-15-23-25(28-21)29-24(20-8-5-4-6-9-20)30-26(23)31-12-10-19(16-31)11-13-32/h3-9,13-15,19H,1,10-12,16-17H2,2H3,(H,28,29,30)/b18-14+,22-7+. The molecule has 1 aromatic carbocycles. The van der Waals surface area contributed by atoms with Gasteiger partial charge in [0.2, 0.25) is 0 Å². The number of nitrogens with zero attached hydrogens (tertiary/aromatic N) is 3. The molecule has 1 aliphatic rings. The van der Waals surface area contributed by atoms with Gasteiger partial charge < -0.3 is 19.4 Å². The first-order valence-corrected chi connectivity index (χ1v) is 11.4. The highest BCUT2D eigenvalue weighted by Crippen LogP contribution is 2.32. The molecule has 33 heavy (non-hydrogen) atoms. The molecule has 0 amide bonds. The molecule has 0 radical (unpaired) electrons. The van der Waals surface area contributed by atoms with Crippen molar-refractivity contribution in [2.24, 2.45) is 5.92 Å². The number of carbonyl (C=O) groups is 1. The summed E-state index contributed by atoms with van der Waals surface area (Å²) in [4.78, 5) is 26.4. The van der Waals surface area contributed by atoms with Gasteiger partial charge in [0.1, 0.15) is 30.1 Å². The molecule has 1 fully saturated rings. The van der Waals surface area contributed by atoms with Crippen molar-refractivity contribution >= 4 is 34.7 Å². The lowest BCUT2D eigenvalue weighted by atomic mass is 10.1. The number of nitrogens with one attached hydrogen (secondary N) is 1. The molecule has 0 saturated carbocycles. The lowest BCUT2D eigenvalue weighted by Crippen LogP contribution is -2.21. The fourth-order valence-electron chi connectivity index (χ4n) is 4.05. The largest absolute Gasteiger partial charge is 0.487 e. The number of ether oxygens (including phenoxy) is 1. The molecule has 1 unspecified atom stereocenters. The summed E-state index contributed by atoms with van der Waals surface area (Å²) in [7, 11) is 0. The van der Waals surface area contributed by atoms with Crippen LogP contribution in [0.1, 0.15) is 25.5 Å². The van der Waals surface area contributed by atoms with Gasteiger partial charge in [0.25, 0.3) is 0 Å². The summed E-state index contributed by atoms with van der Waals surface area (Å²) in [6.07, 6.45) is 7.75. The average molecular weight is 463 g/mol. The van der Waals surface area contributed by atoms with Crippen LogP contribution in [0.5, 0.6) is 0 Å². The van der Waals surface area contributed by atoms with Crippen LogP contribution >= 0.6 is 11.6 Å². The lowest BCUT2D eigenvalue weighted by molar-refractivity contribution is -0.108. The lowest BCUT2D eigenvalue weighted by Gasteiger charge is -2.19. The number of fused-ring (bicyclic) bond motifs is 1. The molecule has 1 aliphatic heterocycles. The molecule has 0 spiro atoms. The third-order valence-electron chi connectivity index (χ3n) is 5.59. The van der Waals surface area contributed by atoms with E-state index in [0.717, 1.165) is 53.9 Å². The van der Waals surface area contributed by atoms with E-state index in [1.165, 1.54) is 0 Å². The van der Waals surface area contributed by atoms with Crippen LogP contribution in [-0.4, -0.2) is 34.3 Å². The van der Waals surface area contributed by atoms with E-state index < -0.39 is 0 Å². The SMILES string of the molecule is C=C/C=C(\C=C(/C)Cl)OCc1cc2c(N3CCC(CC=O)C3)nc(-c3ccccc3)nc2[nH]1. The Bertz CT molecular complexity index is 1200. The Balaban J connectivity index is 1.69. The van der Waals surface area contributed by atoms with Crippen LogP contribution in [0.4, 0.5) is 5.82 Å². The van der Waals surface area contributed by atoms with Crippen molar-refractivity contribution < 1.29 is 9.53 Å². The number of hydrogen-bond donors (Lipinski definition) is 1. The third kappa shape index (κ3) is 5.52. The van der Waals surface area contributed by atoms with Gasteiger partial charge in [0.15, 0.2) is 5.82 Å². The summed E-state index contributed by atoms with van der Waals surface area (Å²) in [5.74, 6) is 2.53. The van der Waals surface area contributed by atoms with Crippen LogP contribution in [0.15, 0.2) is 72.0 Å². The van der Waals surface area contributed by atoms with Gasteiger partial charge in [0, 0.05) is 30.1 Å². The second-order valence-corrected chi connectivity index (χ2v) is 8.72. The quantitative estimate of drug-likeness (QED) is 0.248. The van der Waals surface area contributed by atoms with Gasteiger partial charge in [-0.15, -0.1) is 0 Å². The Morgan fingerprint density at radius 1 is 1.33 bits per heavy atom. The fourth-order valence-corrected chi connectivity index (χ4v) is 4.16. The van der Waals surface area contributed by atoms with Crippen molar-refractivity contribution in [1.29, 1.82) is 0 Å². The van der Waals surface area contributed by atoms with E-state index in [1.54, 1.807) is 25.2 Å². The molecule has 170 valence electrons. The predicted molar refractivity (Wildman–Crippen MR) is 133 cm³/mol. The van der Waals surface area contributed by atoms with Crippen LogP contribution < -0.4 is 4.90 Å². The van der Waals surface area contributed by atoms with Crippen molar-refractivity contribution in [2.75, 3.05) is 18.0 Å². The molecule has 4 rings (SSSR count). The number of benzene rings is 1. The van der Waals surface area contributed by atoms with Crippen molar-refractivity contribution in [1.82, 2.24) is 15.0 Å². The van der Waals surface area contributed by atoms with Crippen LogP contribution in [0.2, 0.25) is 0 Å². The van der Waals surface area contributed by atoms with E-state index in [9.17, 15) is 4.79 Å². The molecule has 1 N–H and O–H groups in total. The molecule has 0 aliphatic carbocycles. The predicted octanol–water partition coefficient (Wildman–Crippen LogP) is 5.77. The van der Waals surface area contributed by atoms with E-state index >= 15 is 0 Å². The van der Waals surface area contributed by atoms with Gasteiger partial charge in [-0.25, -0.2) is 9.97 Å². The Kier molecular flexibility index (Phi) is 7.25. The van der Waals surface area contributed by atoms with Gasteiger partial charge in [-0.05, 0) is 37.5 Å². The summed E-state index contributed by atoms with van der Waals surface area (Å²) in [6, 6.07) is 12.0. The minimum absolute atomic E-state index is 0.324. The maximum absolute atomic E-state index is 11.0. The second-order valence-electron chi connectivity index (χ2n) is 8.12. The molecular weight excluding hydrogens is 436 g/mol. The number of H-pyrrole nitrogens is 1. The van der Waals surface area contributed by atoms with Gasteiger partial charge in [-0.1, -0.05) is 54.6 Å². The molecule has 0 bridgehead atoms. The summed E-state index contributed by atoms with van der Waals surface area (Å²) < 4.78 is 5.94. The normalized spacial score (nSPS) is 16.9. The molecule has 3 aromatic rings. The molecule has 7 heteroatoms. The highest BCUT2D eigenvalue weighted by Gasteiger charge is 2.26. The summed E-state index contributed by atoms with van der Waals surface area (Å²) in [5, 5.41) is 1.57. The first kappa shape index (κ1) is 22.8. The van der Waals surface area contributed by atoms with Crippen LogP contribution in [-0.2, 0) is 16.1 Å². The first-order valence-electron chi connectivity index (χ1n) is 11.0. The first-order chi connectivity index (χ1) is 16.1. The van der Waals surface area contributed by atoms with Crippen molar-refractivity contribution in [3.63, 3.8) is 0 Å². The molecule has 2 aromatic heterocycles. The molecule has 6 nitrogen and oxygen atoms in total. The summed E-state index contributed by atoms with van der Waals surface area (Å²) in [5.41, 5.74) is 2.59. The Hall–Kier alpha value is -3.38. The maximum Gasteiger partial charge on any atom is 0.163 e. The van der Waals surface area contributed by atoms with Crippen LogP contribution in [0, 0.1) is 5.92 Å². The van der Waals surface area contributed by atoms with Gasteiger partial charge in [0.05, 0.1) is 11.1 Å². The molecule has 1 saturated heterocycles. The Labute approximate surface area is 198 Å². The molecule has 1 atom stereocenters. The van der Waals surface area contributed by atoms with Crippen LogP contribution in [0.25, 0.3) is 22.4 Å². The van der Waals surface area contributed by atoms with Crippen molar-refractivity contribution in [2.45, 2.75) is 26.4 Å². The van der Waals surface area contributed by atoms with Gasteiger partial charge in [-0.2, -0.15) is 0 Å². The van der Waals surface area contributed by atoms with E-state index in [-0.39, 0.29) is 0 Å². The zero-order valence-corrected chi connectivity index (χ0v) is 19.4. The Morgan fingerprint density at radius 2 is 2.15 bits per heavy atom. The minimum Gasteiger partial charge on any atom is -0.487 e. The number of carbonyl (C=O) groups excluding carboxylic acids is 1. The number of aromatic amines is 1. The highest BCUT2D eigenvalue weighted by molar-refractivity contribution is 6.29. The number of rotatable bonds is 9. The third-order valence-corrected chi connectivity index (χ3v) is 5.70. The smallest absolute Gasteiger partial charge is 0.163 e. The van der Waals surface area contributed by atoms with E-state index in [2.05, 4.69) is 16.5 Å². The summed E-state index contributed by atoms with van der Waals surface area (Å²) in [6.45, 7) is 7.52. The van der Waals surface area contributed by atoms with Crippen LogP contribution in [0.3, 0.4) is 0 Å². The number of aromatic nitrogens is 3.